The number of halogens is 2. The maximum absolute atomic E-state index is 12.3. The Balaban J connectivity index is 4.02. The van der Waals surface area contributed by atoms with Crippen LogP contribution in [0.15, 0.2) is 36.5 Å². The summed E-state index contributed by atoms with van der Waals surface area (Å²) in [5, 5.41) is 0. The lowest BCUT2D eigenvalue weighted by Crippen LogP contribution is -1.76. The summed E-state index contributed by atoms with van der Waals surface area (Å²) in [5.41, 5.74) is 0. The van der Waals surface area contributed by atoms with E-state index in [1.54, 1.807) is 6.08 Å². The molecule has 0 bridgehead atoms. The molecule has 0 aromatic heterocycles. The van der Waals surface area contributed by atoms with Crippen molar-refractivity contribution in [3.63, 3.8) is 0 Å². The third-order valence-corrected chi connectivity index (χ3v) is 0.998. The van der Waals surface area contributed by atoms with Crippen molar-refractivity contribution in [2.45, 2.75) is 13.8 Å². The van der Waals surface area contributed by atoms with Crippen LogP contribution in [0.5, 0.6) is 0 Å². The molecule has 0 radical (unpaired) electrons. The summed E-state index contributed by atoms with van der Waals surface area (Å²) in [6.45, 7) is 6.71. The molecule has 0 spiro atoms. The second kappa shape index (κ2) is 4.83. The molecule has 0 aliphatic carbocycles. The molecular weight excluding hydrogens is 146 g/mol. The minimum Gasteiger partial charge on any atom is -0.204 e. The molecule has 0 unspecified atom stereocenters. The zero-order valence-corrected chi connectivity index (χ0v) is 6.77. The lowest BCUT2D eigenvalue weighted by molar-refractivity contribution is 0.548. The third-order valence-electron chi connectivity index (χ3n) is 0.998. The van der Waals surface area contributed by atoms with Crippen molar-refractivity contribution < 1.29 is 8.78 Å². The lowest BCUT2D eigenvalue weighted by Gasteiger charge is -1.90. The molecular formula is C9H12F2. The van der Waals surface area contributed by atoms with Gasteiger partial charge in [0.1, 0.15) is 0 Å². The SMILES string of the molecule is C=C(F)C(F)=CC=CC(C)C. The van der Waals surface area contributed by atoms with E-state index in [0.717, 1.165) is 6.08 Å². The van der Waals surface area contributed by atoms with E-state index in [0.29, 0.717) is 5.92 Å². The molecule has 0 fully saturated rings. The van der Waals surface area contributed by atoms with Gasteiger partial charge in [0.25, 0.3) is 0 Å². The van der Waals surface area contributed by atoms with Crippen LogP contribution >= 0.6 is 0 Å². The van der Waals surface area contributed by atoms with Crippen LogP contribution in [0.4, 0.5) is 8.78 Å². The molecule has 62 valence electrons. The molecule has 11 heavy (non-hydrogen) atoms. The van der Waals surface area contributed by atoms with Gasteiger partial charge in [0, 0.05) is 0 Å². The Kier molecular flexibility index (Phi) is 4.42. The van der Waals surface area contributed by atoms with Crippen LogP contribution in [0.2, 0.25) is 0 Å². The van der Waals surface area contributed by atoms with Gasteiger partial charge in [-0.15, -0.1) is 0 Å². The van der Waals surface area contributed by atoms with Crippen molar-refractivity contribution in [2.75, 3.05) is 0 Å². The Morgan fingerprint density at radius 1 is 1.36 bits per heavy atom. The van der Waals surface area contributed by atoms with Crippen LogP contribution in [0.25, 0.3) is 0 Å². The van der Waals surface area contributed by atoms with Gasteiger partial charge in [-0.05, 0) is 12.0 Å². The fourth-order valence-electron chi connectivity index (χ4n) is 0.453. The molecule has 0 aromatic carbocycles. The highest BCUT2D eigenvalue weighted by Crippen LogP contribution is 2.09. The van der Waals surface area contributed by atoms with E-state index >= 15 is 0 Å². The van der Waals surface area contributed by atoms with Crippen LogP contribution in [-0.2, 0) is 0 Å². The Bertz CT molecular complexity index is 188. The average Bonchev–Trinajstić information content (AvgIpc) is 1.86. The minimum absolute atomic E-state index is 0.340. The standard InChI is InChI=1S/C9H12F2/c1-7(2)5-4-6-9(11)8(3)10/h4-7H,3H2,1-2H3. The first-order valence-electron chi connectivity index (χ1n) is 3.42. The summed E-state index contributed by atoms with van der Waals surface area (Å²) in [7, 11) is 0. The molecule has 0 aromatic rings. The Labute approximate surface area is 65.9 Å². The molecule has 0 rings (SSSR count). The van der Waals surface area contributed by atoms with Crippen molar-refractivity contribution in [3.8, 4) is 0 Å². The molecule has 0 saturated heterocycles. The highest BCUT2D eigenvalue weighted by atomic mass is 19.2. The van der Waals surface area contributed by atoms with E-state index in [-0.39, 0.29) is 0 Å². The largest absolute Gasteiger partial charge is 0.204 e. The van der Waals surface area contributed by atoms with Crippen LogP contribution in [-0.4, -0.2) is 0 Å². The third kappa shape index (κ3) is 5.52. The predicted molar refractivity (Wildman–Crippen MR) is 43.4 cm³/mol. The normalized spacial score (nSPS) is 13.0. The van der Waals surface area contributed by atoms with E-state index in [1.807, 2.05) is 13.8 Å². The number of allylic oxidation sites excluding steroid dienone is 5. The van der Waals surface area contributed by atoms with Gasteiger partial charge in [-0.2, -0.15) is 0 Å². The second-order valence-corrected chi connectivity index (χ2v) is 2.55. The van der Waals surface area contributed by atoms with Crippen LogP contribution < -0.4 is 0 Å². The Morgan fingerprint density at radius 2 is 1.91 bits per heavy atom. The number of rotatable bonds is 3. The van der Waals surface area contributed by atoms with E-state index in [1.165, 1.54) is 6.08 Å². The highest BCUT2D eigenvalue weighted by molar-refractivity contribution is 5.20. The van der Waals surface area contributed by atoms with Gasteiger partial charge in [0.15, 0.2) is 11.7 Å². The first-order valence-corrected chi connectivity index (χ1v) is 3.42. The molecule has 0 atom stereocenters. The summed E-state index contributed by atoms with van der Waals surface area (Å²) in [5.74, 6) is -1.60. The minimum atomic E-state index is -1.03. The van der Waals surface area contributed by atoms with E-state index < -0.39 is 11.7 Å². The molecule has 0 nitrogen and oxygen atoms in total. The van der Waals surface area contributed by atoms with Gasteiger partial charge in [-0.25, -0.2) is 8.78 Å². The van der Waals surface area contributed by atoms with E-state index in [9.17, 15) is 8.78 Å². The molecule has 0 heterocycles. The Morgan fingerprint density at radius 3 is 2.27 bits per heavy atom. The van der Waals surface area contributed by atoms with Crippen LogP contribution in [0, 0.1) is 5.92 Å². The predicted octanol–water partition coefficient (Wildman–Crippen LogP) is 3.54. The number of hydrogen-bond donors (Lipinski definition) is 0. The monoisotopic (exact) mass is 158 g/mol. The zero-order chi connectivity index (χ0) is 8.85. The van der Waals surface area contributed by atoms with Crippen molar-refractivity contribution in [3.05, 3.63) is 36.5 Å². The lowest BCUT2D eigenvalue weighted by atomic mass is 10.2. The van der Waals surface area contributed by atoms with Gasteiger partial charge in [-0.3, -0.25) is 0 Å². The molecule has 2 heteroatoms. The molecule has 0 aliphatic heterocycles. The van der Waals surface area contributed by atoms with Crippen molar-refractivity contribution in [1.29, 1.82) is 0 Å². The number of hydrogen-bond acceptors (Lipinski definition) is 0. The molecule has 0 N–H and O–H groups in total. The van der Waals surface area contributed by atoms with Gasteiger partial charge < -0.3 is 0 Å². The first-order chi connectivity index (χ1) is 5.04. The van der Waals surface area contributed by atoms with Gasteiger partial charge in [0.05, 0.1) is 0 Å². The van der Waals surface area contributed by atoms with Crippen molar-refractivity contribution in [1.82, 2.24) is 0 Å². The molecule has 0 saturated carbocycles. The molecule has 0 amide bonds. The maximum atomic E-state index is 12.3. The zero-order valence-electron chi connectivity index (χ0n) is 6.77. The summed E-state index contributed by atoms with van der Waals surface area (Å²) in [6, 6.07) is 0. The van der Waals surface area contributed by atoms with Crippen molar-refractivity contribution in [2.24, 2.45) is 5.92 Å². The Hall–Kier alpha value is -0.920. The van der Waals surface area contributed by atoms with Crippen LogP contribution in [0.3, 0.4) is 0 Å². The molecule has 0 aliphatic rings. The summed E-state index contributed by atoms with van der Waals surface area (Å²) in [4.78, 5) is 0. The average molecular weight is 158 g/mol. The highest BCUT2D eigenvalue weighted by Gasteiger charge is 1.95. The maximum Gasteiger partial charge on any atom is 0.158 e. The summed E-state index contributed by atoms with van der Waals surface area (Å²) < 4.78 is 24.3. The fourth-order valence-corrected chi connectivity index (χ4v) is 0.453. The summed E-state index contributed by atoms with van der Waals surface area (Å²) >= 11 is 0. The van der Waals surface area contributed by atoms with Gasteiger partial charge in [0.2, 0.25) is 0 Å². The topological polar surface area (TPSA) is 0 Å². The first kappa shape index (κ1) is 10.1. The van der Waals surface area contributed by atoms with Gasteiger partial charge >= 0.3 is 0 Å². The van der Waals surface area contributed by atoms with E-state index in [4.69, 9.17) is 0 Å². The van der Waals surface area contributed by atoms with Crippen LogP contribution in [0.1, 0.15) is 13.8 Å². The van der Waals surface area contributed by atoms with Crippen molar-refractivity contribution >= 4 is 0 Å². The fraction of sp³-hybridized carbons (Fsp3) is 0.333. The summed E-state index contributed by atoms with van der Waals surface area (Å²) in [6.07, 6.45) is 4.30. The van der Waals surface area contributed by atoms with E-state index in [2.05, 4.69) is 6.58 Å². The quantitative estimate of drug-likeness (QED) is 0.551. The van der Waals surface area contributed by atoms with Gasteiger partial charge in [-0.1, -0.05) is 32.6 Å². The smallest absolute Gasteiger partial charge is 0.158 e. The second-order valence-electron chi connectivity index (χ2n) is 2.55.